The van der Waals surface area contributed by atoms with Gasteiger partial charge < -0.3 is 0 Å². The van der Waals surface area contributed by atoms with E-state index in [-0.39, 0.29) is 0 Å². The maximum Gasteiger partial charge on any atom is -0.0256 e. The Morgan fingerprint density at radius 3 is 2.33 bits per heavy atom. The van der Waals surface area contributed by atoms with E-state index in [1.165, 1.54) is 11.1 Å². The van der Waals surface area contributed by atoms with Crippen LogP contribution in [-0.2, 0) is 0 Å². The molecule has 0 spiro atoms. The fourth-order valence-corrected chi connectivity index (χ4v) is 0.916. The quantitative estimate of drug-likeness (QED) is 0.577. The number of benzene rings is 1. The van der Waals surface area contributed by atoms with Gasteiger partial charge in [0.05, 0.1) is 0 Å². The maximum absolute atomic E-state index is 3.80. The van der Waals surface area contributed by atoms with Gasteiger partial charge in [0.15, 0.2) is 0 Å². The summed E-state index contributed by atoms with van der Waals surface area (Å²) in [6, 6.07) is 8.43. The van der Waals surface area contributed by atoms with Crippen molar-refractivity contribution in [3.8, 4) is 0 Å². The lowest BCUT2D eigenvalue weighted by molar-refractivity contribution is 1.46. The highest BCUT2D eigenvalue weighted by Crippen LogP contribution is 2.06. The molecule has 0 aliphatic heterocycles. The molecule has 1 aromatic rings. The molecule has 0 amide bonds. The number of rotatable bonds is 2. The van der Waals surface area contributed by atoms with Crippen molar-refractivity contribution in [2.45, 2.75) is 13.8 Å². The molecule has 0 aromatic heterocycles. The molecule has 0 atom stereocenters. The summed E-state index contributed by atoms with van der Waals surface area (Å²) in [5.74, 6) is 0. The largest absolute Gasteiger partial charge is 0.0961 e. The average molecular weight is 158 g/mol. The average Bonchev–Trinajstić information content (AvgIpc) is 2.03. The van der Waals surface area contributed by atoms with E-state index >= 15 is 0 Å². The monoisotopic (exact) mass is 158 g/mol. The molecule has 0 saturated carbocycles. The van der Waals surface area contributed by atoms with Crippen LogP contribution in [0.3, 0.4) is 0 Å². The smallest absolute Gasteiger partial charge is 0.0256 e. The zero-order valence-corrected chi connectivity index (χ0v) is 7.67. The Hall–Kier alpha value is -1.30. The molecule has 0 nitrogen and oxygen atoms in total. The van der Waals surface area contributed by atoms with Gasteiger partial charge in [-0.25, -0.2) is 0 Å². The number of hydrogen-bond donors (Lipinski definition) is 0. The normalized spacial score (nSPS) is 10.5. The van der Waals surface area contributed by atoms with Crippen molar-refractivity contribution in [3.05, 3.63) is 53.6 Å². The topological polar surface area (TPSA) is 0 Å². The lowest BCUT2D eigenvalue weighted by atomic mass is 10.1. The summed E-state index contributed by atoms with van der Waals surface area (Å²) < 4.78 is 0. The Morgan fingerprint density at radius 2 is 1.83 bits per heavy atom. The van der Waals surface area contributed by atoms with E-state index in [2.05, 4.69) is 43.8 Å². The molecule has 0 aliphatic rings. The van der Waals surface area contributed by atoms with Gasteiger partial charge in [0, 0.05) is 0 Å². The summed E-state index contributed by atoms with van der Waals surface area (Å²) in [5.41, 5.74) is 3.60. The Bertz CT molecular complexity index is 288. The van der Waals surface area contributed by atoms with Crippen LogP contribution in [0.25, 0.3) is 6.08 Å². The molecule has 1 aromatic carbocycles. The van der Waals surface area contributed by atoms with Crippen LogP contribution in [0, 0.1) is 6.92 Å². The van der Waals surface area contributed by atoms with Crippen LogP contribution < -0.4 is 0 Å². The molecule has 0 heteroatoms. The summed E-state index contributed by atoms with van der Waals surface area (Å²) in [5, 5.41) is 0. The minimum absolute atomic E-state index is 1.08. The van der Waals surface area contributed by atoms with Gasteiger partial charge >= 0.3 is 0 Å². The highest BCUT2D eigenvalue weighted by atomic mass is 13.9. The predicted molar refractivity (Wildman–Crippen MR) is 55.0 cm³/mol. The van der Waals surface area contributed by atoms with Crippen LogP contribution in [0.5, 0.6) is 0 Å². The summed E-state index contributed by atoms with van der Waals surface area (Å²) in [6.45, 7) is 7.88. The van der Waals surface area contributed by atoms with Crippen molar-refractivity contribution in [1.82, 2.24) is 0 Å². The summed E-state index contributed by atoms with van der Waals surface area (Å²) >= 11 is 0. The first kappa shape index (κ1) is 8.79. The van der Waals surface area contributed by atoms with Crippen molar-refractivity contribution < 1.29 is 0 Å². The van der Waals surface area contributed by atoms with Crippen LogP contribution in [0.1, 0.15) is 18.1 Å². The second-order valence-electron chi connectivity index (χ2n) is 3.09. The minimum atomic E-state index is 1.08. The van der Waals surface area contributed by atoms with Crippen LogP contribution in [-0.4, -0.2) is 0 Å². The van der Waals surface area contributed by atoms with Gasteiger partial charge in [0.1, 0.15) is 0 Å². The highest BCUT2D eigenvalue weighted by Gasteiger charge is 1.85. The lowest BCUT2D eigenvalue weighted by Gasteiger charge is -1.94. The first-order valence-corrected chi connectivity index (χ1v) is 4.09. The fourth-order valence-electron chi connectivity index (χ4n) is 0.916. The van der Waals surface area contributed by atoms with Crippen molar-refractivity contribution in [3.63, 3.8) is 0 Å². The van der Waals surface area contributed by atoms with E-state index in [1.807, 2.05) is 13.0 Å². The van der Waals surface area contributed by atoms with Crippen LogP contribution in [0.2, 0.25) is 0 Å². The molecular formula is C12H14. The van der Waals surface area contributed by atoms with Crippen molar-refractivity contribution in [2.24, 2.45) is 0 Å². The van der Waals surface area contributed by atoms with Crippen LogP contribution in [0.4, 0.5) is 0 Å². The van der Waals surface area contributed by atoms with E-state index in [0.717, 1.165) is 5.57 Å². The molecule has 0 bridgehead atoms. The summed E-state index contributed by atoms with van der Waals surface area (Å²) in [4.78, 5) is 0. The van der Waals surface area contributed by atoms with Gasteiger partial charge in [0.25, 0.3) is 0 Å². The number of aryl methyl sites for hydroxylation is 1. The summed E-state index contributed by atoms with van der Waals surface area (Å²) in [7, 11) is 0. The zero-order chi connectivity index (χ0) is 8.97. The fraction of sp³-hybridized carbons (Fsp3) is 0.167. The van der Waals surface area contributed by atoms with Gasteiger partial charge in [-0.2, -0.15) is 0 Å². The van der Waals surface area contributed by atoms with Crippen LogP contribution in [0.15, 0.2) is 42.5 Å². The second kappa shape index (κ2) is 3.91. The molecule has 62 valence electrons. The van der Waals surface area contributed by atoms with Gasteiger partial charge in [-0.1, -0.05) is 54.1 Å². The zero-order valence-electron chi connectivity index (χ0n) is 7.67. The Kier molecular flexibility index (Phi) is 2.87. The van der Waals surface area contributed by atoms with Crippen molar-refractivity contribution >= 4 is 6.08 Å². The third-order valence-electron chi connectivity index (χ3n) is 1.64. The molecular weight excluding hydrogens is 144 g/mol. The molecule has 0 fully saturated rings. The predicted octanol–water partition coefficient (Wildman–Crippen LogP) is 3.58. The lowest BCUT2D eigenvalue weighted by Crippen LogP contribution is -1.73. The number of allylic oxidation sites excluding steroid dienone is 2. The SMILES string of the molecule is C=C(C)/C=C/c1ccc(C)cc1. The molecule has 0 radical (unpaired) electrons. The first-order valence-electron chi connectivity index (χ1n) is 4.09. The molecule has 0 aliphatic carbocycles. The Balaban J connectivity index is 2.77. The first-order chi connectivity index (χ1) is 5.68. The summed E-state index contributed by atoms with van der Waals surface area (Å²) in [6.07, 6.45) is 4.09. The number of hydrogen-bond acceptors (Lipinski definition) is 0. The third kappa shape index (κ3) is 2.75. The highest BCUT2D eigenvalue weighted by molar-refractivity contribution is 5.52. The van der Waals surface area contributed by atoms with Gasteiger partial charge in [-0.3, -0.25) is 0 Å². The van der Waals surface area contributed by atoms with E-state index in [4.69, 9.17) is 0 Å². The molecule has 0 saturated heterocycles. The van der Waals surface area contributed by atoms with Gasteiger partial charge in [0.2, 0.25) is 0 Å². The maximum atomic E-state index is 3.80. The molecule has 12 heavy (non-hydrogen) atoms. The molecule has 1 rings (SSSR count). The van der Waals surface area contributed by atoms with Crippen LogP contribution >= 0.6 is 0 Å². The Morgan fingerprint density at radius 1 is 1.25 bits per heavy atom. The standard InChI is InChI=1S/C12H14/c1-10(2)4-7-12-8-5-11(3)6-9-12/h4-9H,1H2,2-3H3/b7-4+. The minimum Gasteiger partial charge on any atom is -0.0961 e. The van der Waals surface area contributed by atoms with E-state index < -0.39 is 0 Å². The van der Waals surface area contributed by atoms with Gasteiger partial charge in [-0.15, -0.1) is 0 Å². The third-order valence-corrected chi connectivity index (χ3v) is 1.64. The van der Waals surface area contributed by atoms with E-state index in [9.17, 15) is 0 Å². The van der Waals surface area contributed by atoms with Crippen molar-refractivity contribution in [2.75, 3.05) is 0 Å². The van der Waals surface area contributed by atoms with Crippen molar-refractivity contribution in [1.29, 1.82) is 0 Å². The molecule has 0 unspecified atom stereocenters. The van der Waals surface area contributed by atoms with Gasteiger partial charge in [-0.05, 0) is 19.4 Å². The second-order valence-corrected chi connectivity index (χ2v) is 3.09. The molecule has 0 heterocycles. The molecule has 0 N–H and O–H groups in total. The Labute approximate surface area is 74.2 Å². The van der Waals surface area contributed by atoms with E-state index in [1.54, 1.807) is 0 Å². The van der Waals surface area contributed by atoms with E-state index in [0.29, 0.717) is 0 Å².